The van der Waals surface area contributed by atoms with Crippen LogP contribution in [0.4, 0.5) is 28.4 Å². The third-order valence-electron chi connectivity index (χ3n) is 17.0. The minimum absolute atomic E-state index is 0.108. The molecule has 3 aromatic carbocycles. The maximum absolute atomic E-state index is 14.8. The normalized spacial score (nSPS) is 26.3. The number of nitrogens with one attached hydrogen (secondary N) is 3. The number of anilines is 4. The first-order chi connectivity index (χ1) is 34.9. The number of carbonyl (C=O) groups excluding carboxylic acids is 1. The van der Waals surface area contributed by atoms with E-state index in [0.717, 1.165) is 88.3 Å². The molecule has 5 fully saturated rings. The van der Waals surface area contributed by atoms with Crippen LogP contribution in [0.3, 0.4) is 0 Å². The zero-order chi connectivity index (χ0) is 50.9. The molecule has 4 N–H and O–H groups in total. The molecule has 0 radical (unpaired) electrons. The fourth-order valence-corrected chi connectivity index (χ4v) is 13.7. The van der Waals surface area contributed by atoms with Crippen molar-refractivity contribution in [3.05, 3.63) is 106 Å². The molecule has 0 bridgehead atoms. The summed E-state index contributed by atoms with van der Waals surface area (Å²) in [5.74, 6) is -0.327. The van der Waals surface area contributed by atoms with E-state index in [4.69, 9.17) is 19.2 Å². The van der Waals surface area contributed by atoms with Crippen molar-refractivity contribution in [1.82, 2.24) is 19.6 Å². The minimum atomic E-state index is -4.64. The second kappa shape index (κ2) is 19.2. The number of hydrogen-bond donors (Lipinski definition) is 4. The standard InChI is InChI=1S/C55H68N8O9S/c1-35-8-5-6-9-41(35)48-33-70-25-7-22-61(48)39-29-55(30-39)19-23-60(24-20-55)38-10-12-42(44(27-38)62-46-26-37-16-21-56-50(37)58-52(46)72-49-34-71-53(2,3)31-47(49)62)51(64)59-73(68,69)40-11-13-43(45(28-40)63(66)67)57-32-36-14-17-54(4,65)18-15-36/h5-6,8-13,16,21,26-28,36,39,47-49,57,65H,7,14-15,17-20,22-25,29-34H2,1-4H3,(H,56,58)(H,59,64)/t36-,47-,48-,49-,54-/m0/s1. The fraction of sp³-hybridized carbons (Fsp3) is 0.527. The topological polar surface area (TPSA) is 205 Å². The number of benzene rings is 3. The summed E-state index contributed by atoms with van der Waals surface area (Å²) in [6, 6.07) is 22.2. The van der Waals surface area contributed by atoms with Crippen LogP contribution in [-0.4, -0.2) is 115 Å². The molecule has 11 rings (SSSR count). The first-order valence-electron chi connectivity index (χ1n) is 26.1. The Hall–Kier alpha value is -5.79. The van der Waals surface area contributed by atoms with Gasteiger partial charge >= 0.3 is 0 Å². The van der Waals surface area contributed by atoms with E-state index < -0.39 is 48.7 Å². The summed E-state index contributed by atoms with van der Waals surface area (Å²) in [4.78, 5) is 41.5. The third-order valence-corrected chi connectivity index (χ3v) is 18.3. The van der Waals surface area contributed by atoms with Gasteiger partial charge in [-0.3, -0.25) is 19.8 Å². The molecule has 1 spiro atoms. The van der Waals surface area contributed by atoms with Gasteiger partial charge in [-0.05, 0) is 150 Å². The van der Waals surface area contributed by atoms with Crippen LogP contribution in [0.25, 0.3) is 11.0 Å². The number of aromatic nitrogens is 2. The summed E-state index contributed by atoms with van der Waals surface area (Å²) >= 11 is 0. The number of piperidine rings is 1. The van der Waals surface area contributed by atoms with Gasteiger partial charge in [0.2, 0.25) is 5.88 Å². The SMILES string of the molecule is Cc1ccccc1[C@@H]1COCCCN1C1CC2(CCN(c3ccc(C(=O)NS(=O)(=O)c4ccc(NC[C@H]5CC[C@](C)(O)CC5)c([N+](=O)[O-])c4)c(N4c5cc6cc[nH]c6nc5O[C@H]5COC(C)(C)C[C@@H]54)c3)CC2)C1. The fourth-order valence-electron chi connectivity index (χ4n) is 12.7. The summed E-state index contributed by atoms with van der Waals surface area (Å²) in [7, 11) is -4.64. The maximum atomic E-state index is 14.8. The highest BCUT2D eigenvalue weighted by molar-refractivity contribution is 7.90. The van der Waals surface area contributed by atoms with E-state index in [2.05, 4.69) is 60.9 Å². The van der Waals surface area contributed by atoms with Crippen LogP contribution in [0.1, 0.15) is 113 Å². The number of rotatable bonds is 11. The molecule has 17 nitrogen and oxygen atoms in total. The number of nitro groups is 1. The Balaban J connectivity index is 0.885. The van der Waals surface area contributed by atoms with Crippen LogP contribution in [-0.2, 0) is 19.5 Å². The molecular formula is C55H68N8O9S. The smallest absolute Gasteiger partial charge is 0.293 e. The summed E-state index contributed by atoms with van der Waals surface area (Å²) in [5.41, 5.74) is 4.16. The minimum Gasteiger partial charge on any atom is -0.468 e. The lowest BCUT2D eigenvalue weighted by molar-refractivity contribution is -0.384. The second-order valence-corrected chi connectivity index (χ2v) is 24.3. The molecule has 5 aromatic rings. The van der Waals surface area contributed by atoms with E-state index in [0.29, 0.717) is 61.4 Å². The van der Waals surface area contributed by atoms with Crippen molar-refractivity contribution >= 4 is 55.4 Å². The molecule has 2 aromatic heterocycles. The monoisotopic (exact) mass is 1020 g/mol. The van der Waals surface area contributed by atoms with E-state index in [1.165, 1.54) is 23.3 Å². The van der Waals surface area contributed by atoms with Gasteiger partial charge in [-0.2, -0.15) is 4.98 Å². The Kier molecular flexibility index (Phi) is 13.0. The first-order valence-corrected chi connectivity index (χ1v) is 27.6. The quantitative estimate of drug-likeness (QED) is 0.0721. The molecule has 2 saturated carbocycles. The Morgan fingerprint density at radius 1 is 0.945 bits per heavy atom. The number of ether oxygens (including phenoxy) is 3. The first kappa shape index (κ1) is 49.4. The molecule has 6 heterocycles. The number of pyridine rings is 1. The zero-order valence-electron chi connectivity index (χ0n) is 42.3. The largest absolute Gasteiger partial charge is 0.468 e. The number of H-pyrrole nitrogens is 1. The molecule has 3 atom stereocenters. The molecule has 4 aliphatic heterocycles. The van der Waals surface area contributed by atoms with Gasteiger partial charge in [0, 0.05) is 68.6 Å². The van der Waals surface area contributed by atoms with Crippen LogP contribution in [0, 0.1) is 28.4 Å². The predicted molar refractivity (Wildman–Crippen MR) is 279 cm³/mol. The van der Waals surface area contributed by atoms with Crippen LogP contribution in [0.5, 0.6) is 5.88 Å². The van der Waals surface area contributed by atoms with Crippen LogP contribution < -0.4 is 24.6 Å². The zero-order valence-corrected chi connectivity index (χ0v) is 43.1. The second-order valence-electron chi connectivity index (χ2n) is 22.6. The average molecular weight is 1020 g/mol. The molecule has 3 saturated heterocycles. The van der Waals surface area contributed by atoms with Crippen molar-refractivity contribution < 1.29 is 37.5 Å². The molecule has 388 valence electrons. The van der Waals surface area contributed by atoms with Crippen molar-refractivity contribution in [2.24, 2.45) is 11.3 Å². The van der Waals surface area contributed by atoms with Gasteiger partial charge in [-0.1, -0.05) is 24.3 Å². The molecule has 73 heavy (non-hydrogen) atoms. The number of nitrogens with zero attached hydrogens (tertiary/aromatic N) is 5. The number of amides is 1. The third kappa shape index (κ3) is 9.88. The average Bonchev–Trinajstić information content (AvgIpc) is 3.68. The van der Waals surface area contributed by atoms with Gasteiger partial charge in [0.15, 0.2) is 0 Å². The van der Waals surface area contributed by atoms with Gasteiger partial charge < -0.3 is 39.4 Å². The lowest BCUT2D eigenvalue weighted by Gasteiger charge is -2.56. The summed E-state index contributed by atoms with van der Waals surface area (Å²) in [6.45, 7) is 12.9. The number of hydrogen-bond acceptors (Lipinski definition) is 14. The van der Waals surface area contributed by atoms with Crippen molar-refractivity contribution in [3.8, 4) is 5.88 Å². The van der Waals surface area contributed by atoms with E-state index in [1.807, 2.05) is 51.2 Å². The van der Waals surface area contributed by atoms with Crippen molar-refractivity contribution in [2.75, 3.05) is 61.1 Å². The summed E-state index contributed by atoms with van der Waals surface area (Å²) in [6.07, 6.45) is 10.0. The Morgan fingerprint density at radius 2 is 1.73 bits per heavy atom. The van der Waals surface area contributed by atoms with E-state index in [1.54, 1.807) is 6.07 Å². The number of sulfonamides is 1. The Bertz CT molecular complexity index is 3010. The van der Waals surface area contributed by atoms with Gasteiger partial charge in [0.1, 0.15) is 23.1 Å². The highest BCUT2D eigenvalue weighted by atomic mass is 32.2. The maximum Gasteiger partial charge on any atom is 0.293 e. The number of aromatic amines is 1. The van der Waals surface area contributed by atoms with E-state index in [9.17, 15) is 28.4 Å². The van der Waals surface area contributed by atoms with Crippen molar-refractivity contribution in [3.63, 3.8) is 0 Å². The van der Waals surface area contributed by atoms with Crippen molar-refractivity contribution in [1.29, 1.82) is 0 Å². The Labute approximate surface area is 427 Å². The van der Waals surface area contributed by atoms with E-state index in [-0.39, 0.29) is 41.3 Å². The lowest BCUT2D eigenvalue weighted by atomic mass is 9.59. The number of fused-ring (bicyclic) bond motifs is 3. The number of aliphatic hydroxyl groups is 1. The molecule has 2 aliphatic carbocycles. The van der Waals surface area contributed by atoms with Gasteiger partial charge in [0.25, 0.3) is 21.6 Å². The highest BCUT2D eigenvalue weighted by Gasteiger charge is 2.50. The summed E-state index contributed by atoms with van der Waals surface area (Å²) < 4.78 is 49.9. The van der Waals surface area contributed by atoms with E-state index >= 15 is 0 Å². The number of nitro benzene ring substituents is 1. The summed E-state index contributed by atoms with van der Waals surface area (Å²) in [5, 5.41) is 26.8. The Morgan fingerprint density at radius 3 is 2.49 bits per heavy atom. The van der Waals surface area contributed by atoms with Crippen LogP contribution in [0.15, 0.2) is 83.9 Å². The number of aryl methyl sites for hydroxylation is 1. The lowest BCUT2D eigenvalue weighted by Crippen LogP contribution is -2.57. The highest BCUT2D eigenvalue weighted by Crippen LogP contribution is 2.54. The number of carbonyl (C=O) groups is 1. The van der Waals surface area contributed by atoms with Gasteiger partial charge in [-0.25, -0.2) is 13.1 Å². The molecule has 0 unspecified atom stereocenters. The predicted octanol–water partition coefficient (Wildman–Crippen LogP) is 8.93. The molecular weight excluding hydrogens is 949 g/mol. The molecule has 6 aliphatic rings. The van der Waals surface area contributed by atoms with Gasteiger partial charge in [0.05, 0.1) is 57.6 Å². The van der Waals surface area contributed by atoms with Crippen LogP contribution >= 0.6 is 0 Å². The molecule has 18 heteroatoms. The van der Waals surface area contributed by atoms with Gasteiger partial charge in [-0.15, -0.1) is 0 Å². The van der Waals surface area contributed by atoms with Crippen LogP contribution in [0.2, 0.25) is 0 Å². The molecule has 1 amide bonds. The van der Waals surface area contributed by atoms with Crippen molar-refractivity contribution in [2.45, 2.75) is 132 Å².